The monoisotopic (exact) mass is 264 g/mol. The fraction of sp³-hybridized carbons (Fsp3) is 0.182. The van der Waals surface area contributed by atoms with Crippen LogP contribution in [0.4, 0.5) is 5.95 Å². The molecule has 2 aromatic rings. The molecule has 0 fully saturated rings. The van der Waals surface area contributed by atoms with Crippen molar-refractivity contribution in [3.63, 3.8) is 0 Å². The first-order chi connectivity index (χ1) is 8.28. The molecule has 0 radical (unpaired) electrons. The van der Waals surface area contributed by atoms with Gasteiger partial charge in [-0.25, -0.2) is 4.98 Å². The maximum atomic E-state index is 5.62. The molecule has 88 valence electrons. The number of hydrogen-bond donors (Lipinski definition) is 1. The molecular formula is C11H12N4S2. The first-order valence-corrected chi connectivity index (χ1v) is 7.21. The summed E-state index contributed by atoms with van der Waals surface area (Å²) in [6.45, 7) is 0. The zero-order valence-electron chi connectivity index (χ0n) is 9.33. The van der Waals surface area contributed by atoms with E-state index in [0.717, 1.165) is 5.82 Å². The highest BCUT2D eigenvalue weighted by Gasteiger charge is 2.04. The molecule has 1 heterocycles. The Bertz CT molecular complexity index is 490. The smallest absolute Gasteiger partial charge is 0.224 e. The van der Waals surface area contributed by atoms with Crippen molar-refractivity contribution in [1.29, 1.82) is 0 Å². The van der Waals surface area contributed by atoms with Crippen LogP contribution in [0.25, 0.3) is 0 Å². The Kier molecular flexibility index (Phi) is 4.22. The molecule has 0 saturated carbocycles. The molecule has 0 atom stereocenters. The average molecular weight is 264 g/mol. The highest BCUT2D eigenvalue weighted by Crippen LogP contribution is 2.21. The fourth-order valence-electron chi connectivity index (χ4n) is 1.24. The Morgan fingerprint density at radius 2 is 1.88 bits per heavy atom. The van der Waals surface area contributed by atoms with Crippen LogP contribution in [0.3, 0.4) is 0 Å². The maximum Gasteiger partial charge on any atom is 0.224 e. The van der Waals surface area contributed by atoms with Crippen molar-refractivity contribution in [2.24, 2.45) is 0 Å². The van der Waals surface area contributed by atoms with E-state index in [0.29, 0.717) is 10.9 Å². The minimum Gasteiger partial charge on any atom is -0.368 e. The van der Waals surface area contributed by atoms with Crippen LogP contribution in [0, 0.1) is 0 Å². The van der Waals surface area contributed by atoms with Gasteiger partial charge in [0, 0.05) is 4.90 Å². The Morgan fingerprint density at radius 3 is 2.59 bits per heavy atom. The van der Waals surface area contributed by atoms with E-state index >= 15 is 0 Å². The van der Waals surface area contributed by atoms with E-state index in [9.17, 15) is 0 Å². The van der Waals surface area contributed by atoms with Gasteiger partial charge in [-0.1, -0.05) is 30.0 Å². The SMILES string of the molecule is CSc1nc(N)nc(CSc2ccccc2)n1. The third-order valence-electron chi connectivity index (χ3n) is 1.97. The van der Waals surface area contributed by atoms with Crippen LogP contribution in [0.15, 0.2) is 40.4 Å². The third-order valence-corrected chi connectivity index (χ3v) is 3.53. The molecule has 0 unspecified atom stereocenters. The van der Waals surface area contributed by atoms with Crippen molar-refractivity contribution < 1.29 is 0 Å². The number of nitrogen functional groups attached to an aromatic ring is 1. The summed E-state index contributed by atoms with van der Waals surface area (Å²) in [5.41, 5.74) is 5.62. The van der Waals surface area contributed by atoms with Crippen LogP contribution in [0.5, 0.6) is 0 Å². The second-order valence-corrected chi connectivity index (χ2v) is 5.02. The van der Waals surface area contributed by atoms with E-state index in [1.165, 1.54) is 16.7 Å². The molecule has 0 amide bonds. The molecule has 1 aromatic heterocycles. The predicted octanol–water partition coefficient (Wildman–Crippen LogP) is 2.47. The highest BCUT2D eigenvalue weighted by molar-refractivity contribution is 7.98. The first-order valence-electron chi connectivity index (χ1n) is 5.00. The van der Waals surface area contributed by atoms with E-state index in [-0.39, 0.29) is 5.95 Å². The Morgan fingerprint density at radius 1 is 1.12 bits per heavy atom. The van der Waals surface area contributed by atoms with Crippen LogP contribution in [-0.2, 0) is 5.75 Å². The summed E-state index contributed by atoms with van der Waals surface area (Å²) in [5, 5.41) is 0.668. The normalized spacial score (nSPS) is 10.4. The number of aromatic nitrogens is 3. The van der Waals surface area contributed by atoms with Crippen LogP contribution in [0.1, 0.15) is 5.82 Å². The van der Waals surface area contributed by atoms with E-state index in [1.807, 2.05) is 24.5 Å². The average Bonchev–Trinajstić information content (AvgIpc) is 2.37. The van der Waals surface area contributed by atoms with Crippen molar-refractivity contribution in [3.8, 4) is 0 Å². The largest absolute Gasteiger partial charge is 0.368 e. The Hall–Kier alpha value is -1.27. The molecule has 17 heavy (non-hydrogen) atoms. The third kappa shape index (κ3) is 3.61. The van der Waals surface area contributed by atoms with Crippen LogP contribution < -0.4 is 5.73 Å². The molecule has 6 heteroatoms. The van der Waals surface area contributed by atoms with Crippen LogP contribution in [0.2, 0.25) is 0 Å². The molecule has 0 spiro atoms. The lowest BCUT2D eigenvalue weighted by atomic mass is 10.4. The van der Waals surface area contributed by atoms with Crippen molar-refractivity contribution in [1.82, 2.24) is 15.0 Å². The fourth-order valence-corrected chi connectivity index (χ4v) is 2.39. The number of anilines is 1. The van der Waals surface area contributed by atoms with Gasteiger partial charge in [0.15, 0.2) is 5.16 Å². The van der Waals surface area contributed by atoms with E-state index in [1.54, 1.807) is 11.8 Å². The predicted molar refractivity (Wildman–Crippen MR) is 72.0 cm³/mol. The van der Waals surface area contributed by atoms with Crippen molar-refractivity contribution >= 4 is 29.5 Å². The van der Waals surface area contributed by atoms with Gasteiger partial charge >= 0.3 is 0 Å². The van der Waals surface area contributed by atoms with E-state index in [4.69, 9.17) is 5.73 Å². The lowest BCUT2D eigenvalue weighted by molar-refractivity contribution is 0.864. The van der Waals surface area contributed by atoms with Gasteiger partial charge in [0.2, 0.25) is 5.95 Å². The molecule has 2 rings (SSSR count). The number of benzene rings is 1. The Labute approximate surface area is 108 Å². The van der Waals surface area contributed by atoms with Crippen molar-refractivity contribution in [2.75, 3.05) is 12.0 Å². The molecule has 0 aliphatic rings. The molecular weight excluding hydrogens is 252 g/mol. The minimum atomic E-state index is 0.285. The molecule has 2 N–H and O–H groups in total. The molecule has 0 aliphatic heterocycles. The number of hydrogen-bond acceptors (Lipinski definition) is 6. The summed E-state index contributed by atoms with van der Waals surface area (Å²) >= 11 is 3.15. The maximum absolute atomic E-state index is 5.62. The zero-order valence-corrected chi connectivity index (χ0v) is 11.0. The van der Waals surface area contributed by atoms with Gasteiger partial charge in [-0.3, -0.25) is 0 Å². The molecule has 0 saturated heterocycles. The standard InChI is InChI=1S/C11H12N4S2/c1-16-11-14-9(13-10(12)15-11)7-17-8-5-3-2-4-6-8/h2-6H,7H2,1H3,(H2,12,13,14,15). The Balaban J connectivity index is 2.06. The number of rotatable bonds is 4. The number of nitrogens with two attached hydrogens (primary N) is 1. The van der Waals surface area contributed by atoms with Gasteiger partial charge in [0.25, 0.3) is 0 Å². The molecule has 0 aliphatic carbocycles. The highest BCUT2D eigenvalue weighted by atomic mass is 32.2. The van der Waals surface area contributed by atoms with Gasteiger partial charge < -0.3 is 5.73 Å². The molecule has 1 aromatic carbocycles. The second kappa shape index (κ2) is 5.88. The minimum absolute atomic E-state index is 0.285. The van der Waals surface area contributed by atoms with Crippen molar-refractivity contribution in [3.05, 3.63) is 36.2 Å². The number of thioether (sulfide) groups is 2. The van der Waals surface area contributed by atoms with Gasteiger partial charge in [-0.15, -0.1) is 11.8 Å². The summed E-state index contributed by atoms with van der Waals surface area (Å²) in [4.78, 5) is 13.6. The van der Waals surface area contributed by atoms with Gasteiger partial charge in [0.05, 0.1) is 5.75 Å². The summed E-state index contributed by atoms with van der Waals surface area (Å²) in [5.74, 6) is 1.70. The zero-order chi connectivity index (χ0) is 12.1. The van der Waals surface area contributed by atoms with Crippen LogP contribution in [-0.4, -0.2) is 21.2 Å². The van der Waals surface area contributed by atoms with Crippen LogP contribution >= 0.6 is 23.5 Å². The first kappa shape index (κ1) is 12.2. The lowest BCUT2D eigenvalue weighted by Crippen LogP contribution is -2.03. The van der Waals surface area contributed by atoms with E-state index < -0.39 is 0 Å². The molecule has 4 nitrogen and oxygen atoms in total. The topological polar surface area (TPSA) is 64.7 Å². The number of nitrogens with zero attached hydrogens (tertiary/aromatic N) is 3. The lowest BCUT2D eigenvalue weighted by Gasteiger charge is -2.03. The second-order valence-electron chi connectivity index (χ2n) is 3.20. The summed E-state index contributed by atoms with van der Waals surface area (Å²) in [6, 6.07) is 10.1. The van der Waals surface area contributed by atoms with E-state index in [2.05, 4.69) is 27.1 Å². The summed E-state index contributed by atoms with van der Waals surface area (Å²) < 4.78 is 0. The summed E-state index contributed by atoms with van der Waals surface area (Å²) in [6.07, 6.45) is 1.92. The molecule has 0 bridgehead atoms. The van der Waals surface area contributed by atoms with Gasteiger partial charge in [-0.05, 0) is 18.4 Å². The summed E-state index contributed by atoms with van der Waals surface area (Å²) in [7, 11) is 0. The van der Waals surface area contributed by atoms with Gasteiger partial charge in [-0.2, -0.15) is 9.97 Å². The van der Waals surface area contributed by atoms with Crippen molar-refractivity contribution in [2.45, 2.75) is 15.8 Å². The quantitative estimate of drug-likeness (QED) is 0.856. The van der Waals surface area contributed by atoms with Gasteiger partial charge in [0.1, 0.15) is 5.82 Å².